The molecule has 2 fully saturated rings. The van der Waals surface area contributed by atoms with E-state index in [2.05, 4.69) is 88.6 Å². The lowest BCUT2D eigenvalue weighted by atomic mass is 9.99. The number of hydrogen-bond donors (Lipinski definition) is 2. The van der Waals surface area contributed by atoms with Gasteiger partial charge in [-0.3, -0.25) is 0 Å². The molecule has 2 N–H and O–H groups in total. The van der Waals surface area contributed by atoms with Crippen molar-refractivity contribution in [2.24, 2.45) is 5.92 Å². The van der Waals surface area contributed by atoms with Crippen molar-refractivity contribution in [2.75, 3.05) is 49.1 Å². The molecule has 3 atom stereocenters. The van der Waals surface area contributed by atoms with E-state index in [-0.39, 0.29) is 0 Å². The van der Waals surface area contributed by atoms with Gasteiger partial charge in [-0.1, -0.05) is 72.9 Å². The van der Waals surface area contributed by atoms with Crippen molar-refractivity contribution in [3.05, 3.63) is 48.3 Å². The van der Waals surface area contributed by atoms with E-state index in [4.69, 9.17) is 0 Å². The van der Waals surface area contributed by atoms with E-state index in [1.165, 1.54) is 37.7 Å². The molecule has 2 aromatic heterocycles. The molecule has 208 valence electrons. The van der Waals surface area contributed by atoms with Gasteiger partial charge in [0.2, 0.25) is 0 Å². The molecular formula is C31H54N6. The Morgan fingerprint density at radius 3 is 2.32 bits per heavy atom. The summed E-state index contributed by atoms with van der Waals surface area (Å²) in [6, 6.07) is 11.8. The summed E-state index contributed by atoms with van der Waals surface area (Å²) in [6.07, 6.45) is 11.2. The first-order valence-electron chi connectivity index (χ1n) is 15.0. The molecule has 6 heteroatoms. The predicted molar refractivity (Wildman–Crippen MR) is 161 cm³/mol. The van der Waals surface area contributed by atoms with E-state index in [1.807, 2.05) is 26.1 Å². The van der Waals surface area contributed by atoms with Gasteiger partial charge in [0.15, 0.2) is 0 Å². The van der Waals surface area contributed by atoms with Crippen LogP contribution in [0.25, 0.3) is 0 Å². The number of aromatic nitrogens is 2. The van der Waals surface area contributed by atoms with Crippen molar-refractivity contribution < 1.29 is 0 Å². The molecule has 0 amide bonds. The van der Waals surface area contributed by atoms with Gasteiger partial charge < -0.3 is 20.4 Å². The van der Waals surface area contributed by atoms with Gasteiger partial charge in [-0.25, -0.2) is 9.97 Å². The average Bonchev–Trinajstić information content (AvgIpc) is 3.22. The fourth-order valence-corrected chi connectivity index (χ4v) is 4.98. The van der Waals surface area contributed by atoms with Gasteiger partial charge in [-0.05, 0) is 55.5 Å². The Morgan fingerprint density at radius 2 is 1.68 bits per heavy atom. The van der Waals surface area contributed by atoms with Crippen LogP contribution in [-0.2, 0) is 6.42 Å². The highest BCUT2D eigenvalue weighted by molar-refractivity contribution is 5.40. The van der Waals surface area contributed by atoms with Gasteiger partial charge in [-0.2, -0.15) is 0 Å². The summed E-state index contributed by atoms with van der Waals surface area (Å²) in [4.78, 5) is 13.9. The van der Waals surface area contributed by atoms with Crippen LogP contribution in [0.3, 0.4) is 0 Å². The highest BCUT2D eigenvalue weighted by Crippen LogP contribution is 2.18. The maximum atomic E-state index is 4.68. The Morgan fingerprint density at radius 1 is 0.892 bits per heavy atom. The Balaban J connectivity index is 0.000000252. The third-order valence-corrected chi connectivity index (χ3v) is 7.30. The lowest BCUT2D eigenvalue weighted by molar-refractivity contribution is 0.383. The number of rotatable bonds is 8. The number of anilines is 2. The monoisotopic (exact) mass is 510 g/mol. The van der Waals surface area contributed by atoms with Crippen molar-refractivity contribution >= 4 is 11.6 Å². The first kappa shape index (κ1) is 31.0. The maximum absolute atomic E-state index is 4.68. The predicted octanol–water partition coefficient (Wildman–Crippen LogP) is 5.93. The Hall–Kier alpha value is -2.18. The van der Waals surface area contributed by atoms with E-state index in [1.54, 1.807) is 0 Å². The third kappa shape index (κ3) is 10.6. The SMILES string of the molecule is CC.CCCC1CN(c2ccccn2)CCN1.CCCc1ccc(N2CCCNC(C(C)CC)C2)nc1. The summed E-state index contributed by atoms with van der Waals surface area (Å²) in [5, 5.41) is 7.24. The lowest BCUT2D eigenvalue weighted by Gasteiger charge is -2.34. The van der Waals surface area contributed by atoms with Gasteiger partial charge in [-0.15, -0.1) is 0 Å². The second-order valence-corrected chi connectivity index (χ2v) is 10.1. The molecule has 2 aromatic rings. The van der Waals surface area contributed by atoms with Crippen LogP contribution in [0, 0.1) is 5.92 Å². The van der Waals surface area contributed by atoms with Crippen LogP contribution in [0.2, 0.25) is 0 Å². The smallest absolute Gasteiger partial charge is 0.128 e. The first-order valence-corrected chi connectivity index (χ1v) is 15.0. The summed E-state index contributed by atoms with van der Waals surface area (Å²) < 4.78 is 0. The molecular weight excluding hydrogens is 456 g/mol. The molecule has 2 saturated heterocycles. The summed E-state index contributed by atoms with van der Waals surface area (Å²) in [5.41, 5.74) is 1.35. The van der Waals surface area contributed by atoms with Gasteiger partial charge in [0.05, 0.1) is 0 Å². The Bertz CT molecular complexity index is 810. The second-order valence-electron chi connectivity index (χ2n) is 10.1. The fourth-order valence-electron chi connectivity index (χ4n) is 4.98. The number of piperazine rings is 1. The molecule has 0 aromatic carbocycles. The van der Waals surface area contributed by atoms with Gasteiger partial charge in [0.1, 0.15) is 11.6 Å². The maximum Gasteiger partial charge on any atom is 0.128 e. The molecule has 0 radical (unpaired) electrons. The van der Waals surface area contributed by atoms with Crippen LogP contribution >= 0.6 is 0 Å². The van der Waals surface area contributed by atoms with E-state index < -0.39 is 0 Å². The van der Waals surface area contributed by atoms with Crippen molar-refractivity contribution in [3.8, 4) is 0 Å². The minimum Gasteiger partial charge on any atom is -0.355 e. The van der Waals surface area contributed by atoms with Gasteiger partial charge in [0.25, 0.3) is 0 Å². The zero-order chi connectivity index (χ0) is 26.9. The van der Waals surface area contributed by atoms with E-state index in [9.17, 15) is 0 Å². The summed E-state index contributed by atoms with van der Waals surface area (Å²) >= 11 is 0. The number of hydrogen-bond acceptors (Lipinski definition) is 6. The lowest BCUT2D eigenvalue weighted by Crippen LogP contribution is -2.50. The summed E-state index contributed by atoms with van der Waals surface area (Å²) in [7, 11) is 0. The Kier molecular flexibility index (Phi) is 15.2. The summed E-state index contributed by atoms with van der Waals surface area (Å²) in [6.45, 7) is 19.6. The molecule has 0 bridgehead atoms. The molecule has 2 aliphatic heterocycles. The molecule has 2 aliphatic rings. The van der Waals surface area contributed by atoms with E-state index in [0.29, 0.717) is 12.1 Å². The van der Waals surface area contributed by atoms with Gasteiger partial charge in [0, 0.05) is 57.2 Å². The fraction of sp³-hybridized carbons (Fsp3) is 0.677. The number of pyridine rings is 2. The van der Waals surface area contributed by atoms with Crippen LogP contribution in [-0.4, -0.2) is 61.3 Å². The standard InChI is InChI=1S/C17H29N3.C12H19N3.C2H6/c1-4-7-15-8-9-17(19-12-15)20-11-6-10-18-16(13-20)14(3)5-2;1-2-5-11-10-15(9-8-13-11)12-6-3-4-7-14-12;1-2/h8-9,12,14,16,18H,4-7,10-11,13H2,1-3H3;3-4,6-7,11,13H,2,5,8-10H2,1H3;1-2H3. The number of nitrogens with one attached hydrogen (secondary N) is 2. The molecule has 4 rings (SSSR count). The van der Waals surface area contributed by atoms with Gasteiger partial charge >= 0.3 is 0 Å². The van der Waals surface area contributed by atoms with Crippen LogP contribution in [0.4, 0.5) is 11.6 Å². The van der Waals surface area contributed by atoms with Crippen molar-refractivity contribution in [1.29, 1.82) is 0 Å². The Labute approximate surface area is 227 Å². The van der Waals surface area contributed by atoms with Crippen molar-refractivity contribution in [3.63, 3.8) is 0 Å². The molecule has 6 nitrogen and oxygen atoms in total. The van der Waals surface area contributed by atoms with Crippen LogP contribution < -0.4 is 20.4 Å². The zero-order valence-corrected chi connectivity index (χ0v) is 24.5. The molecule has 3 unspecified atom stereocenters. The van der Waals surface area contributed by atoms with Crippen LogP contribution in [0.1, 0.15) is 79.2 Å². The van der Waals surface area contributed by atoms with Crippen molar-refractivity contribution in [2.45, 2.75) is 92.2 Å². The second kappa shape index (κ2) is 18.1. The molecule has 37 heavy (non-hydrogen) atoms. The molecule has 0 aliphatic carbocycles. The highest BCUT2D eigenvalue weighted by atomic mass is 15.2. The summed E-state index contributed by atoms with van der Waals surface area (Å²) in [5.74, 6) is 2.97. The van der Waals surface area contributed by atoms with Crippen LogP contribution in [0.15, 0.2) is 42.7 Å². The topological polar surface area (TPSA) is 56.3 Å². The quantitative estimate of drug-likeness (QED) is 0.459. The van der Waals surface area contributed by atoms with E-state index in [0.717, 1.165) is 63.2 Å². The molecule has 0 spiro atoms. The highest BCUT2D eigenvalue weighted by Gasteiger charge is 2.22. The van der Waals surface area contributed by atoms with Crippen LogP contribution in [0.5, 0.6) is 0 Å². The molecule has 0 saturated carbocycles. The minimum atomic E-state index is 0.583. The minimum absolute atomic E-state index is 0.583. The number of nitrogens with zero attached hydrogens (tertiary/aromatic N) is 4. The molecule has 4 heterocycles. The normalized spacial score (nSPS) is 20.6. The first-order chi connectivity index (χ1) is 18.1. The number of aryl methyl sites for hydroxylation is 1. The zero-order valence-electron chi connectivity index (χ0n) is 24.5. The average molecular weight is 511 g/mol. The van der Waals surface area contributed by atoms with Crippen molar-refractivity contribution in [1.82, 2.24) is 20.6 Å². The van der Waals surface area contributed by atoms with E-state index >= 15 is 0 Å². The third-order valence-electron chi connectivity index (χ3n) is 7.30. The largest absolute Gasteiger partial charge is 0.355 e.